The number of carbonyl (C=O) groups is 2. The summed E-state index contributed by atoms with van der Waals surface area (Å²) in [7, 11) is 2.13. The molecule has 10 nitrogen and oxygen atoms in total. The lowest BCUT2D eigenvalue weighted by molar-refractivity contribution is -0.123. The fourth-order valence-electron chi connectivity index (χ4n) is 7.38. The van der Waals surface area contributed by atoms with Crippen molar-refractivity contribution in [2.24, 2.45) is 0 Å². The highest BCUT2D eigenvalue weighted by Gasteiger charge is 2.27. The second-order valence-corrected chi connectivity index (χ2v) is 12.9. The van der Waals surface area contributed by atoms with Gasteiger partial charge in [-0.05, 0) is 93.7 Å². The molecular weight excluding hydrogens is 580 g/mol. The van der Waals surface area contributed by atoms with Crippen LogP contribution >= 0.6 is 0 Å². The molecule has 1 aliphatic carbocycles. The normalized spacial score (nSPS) is 18.3. The molecule has 2 atom stereocenters. The molecule has 10 heteroatoms. The molecule has 0 spiro atoms. The van der Waals surface area contributed by atoms with E-state index in [-0.39, 0.29) is 24.0 Å². The van der Waals surface area contributed by atoms with Crippen LogP contribution in [0.2, 0.25) is 0 Å². The van der Waals surface area contributed by atoms with Gasteiger partial charge in [-0.2, -0.15) is 0 Å². The molecule has 2 amide bonds. The molecule has 240 valence electrons. The maximum absolute atomic E-state index is 13.8. The lowest BCUT2D eigenvalue weighted by Gasteiger charge is -2.25. The number of H-pyrrole nitrogens is 1. The van der Waals surface area contributed by atoms with Gasteiger partial charge in [0.1, 0.15) is 23.9 Å². The van der Waals surface area contributed by atoms with Gasteiger partial charge in [0.15, 0.2) is 0 Å². The van der Waals surface area contributed by atoms with Crippen LogP contribution in [0.1, 0.15) is 73.3 Å². The summed E-state index contributed by atoms with van der Waals surface area (Å²) >= 11 is 0. The molecule has 1 saturated heterocycles. The van der Waals surface area contributed by atoms with Gasteiger partial charge >= 0.3 is 0 Å². The summed E-state index contributed by atoms with van der Waals surface area (Å²) in [6.07, 6.45) is 14.5. The number of nitrogens with one attached hydrogen (secondary N) is 3. The molecular formula is C36H42N6O4. The summed E-state index contributed by atoms with van der Waals surface area (Å²) in [5, 5.41) is 17.1. The molecule has 7 rings (SSSR count). The fourth-order valence-corrected chi connectivity index (χ4v) is 7.38. The Balaban J connectivity index is 1.15. The number of hydrogen-bond acceptors (Lipinski definition) is 6. The molecule has 4 N–H and O–H groups in total. The topological polar surface area (TPSA) is 128 Å². The summed E-state index contributed by atoms with van der Waals surface area (Å²) in [5.41, 5.74) is 4.79. The van der Waals surface area contributed by atoms with Crippen LogP contribution in [0, 0.1) is 0 Å². The molecule has 0 radical (unpaired) electrons. The monoisotopic (exact) mass is 622 g/mol. The minimum Gasteiger partial charge on any atom is -0.508 e. The van der Waals surface area contributed by atoms with Crippen molar-refractivity contribution in [3.8, 4) is 17.1 Å². The Bertz CT molecular complexity index is 1830. The fraction of sp³-hybridized carbons (Fsp3) is 0.417. The number of phenolic OH excluding ortho intramolecular Hbond substituents is 1. The second kappa shape index (κ2) is 13.0. The summed E-state index contributed by atoms with van der Waals surface area (Å²) in [5.74, 6) is 0.432. The Kier molecular flexibility index (Phi) is 8.53. The molecule has 5 aromatic rings. The number of furan rings is 1. The van der Waals surface area contributed by atoms with Crippen LogP contribution in [-0.2, 0) is 11.2 Å². The molecule has 1 saturated carbocycles. The first-order chi connectivity index (χ1) is 22.4. The Morgan fingerprint density at radius 1 is 1.09 bits per heavy atom. The molecule has 1 aliphatic heterocycles. The van der Waals surface area contributed by atoms with Crippen molar-refractivity contribution in [3.63, 3.8) is 0 Å². The smallest absolute Gasteiger partial charge is 0.252 e. The number of phenols is 1. The number of amides is 2. The zero-order valence-corrected chi connectivity index (χ0v) is 26.3. The number of rotatable bonds is 10. The summed E-state index contributed by atoms with van der Waals surface area (Å²) < 4.78 is 7.71. The van der Waals surface area contributed by atoms with Crippen LogP contribution in [0.3, 0.4) is 0 Å². The van der Waals surface area contributed by atoms with Gasteiger partial charge in [-0.25, -0.2) is 4.98 Å². The van der Waals surface area contributed by atoms with E-state index in [9.17, 15) is 14.7 Å². The van der Waals surface area contributed by atoms with Crippen molar-refractivity contribution in [2.75, 3.05) is 20.1 Å². The number of carbonyl (C=O) groups excluding carboxylic acids is 2. The number of hydrogen-bond donors (Lipinski definition) is 4. The van der Waals surface area contributed by atoms with Gasteiger partial charge in [-0.1, -0.05) is 19.3 Å². The first-order valence-electron chi connectivity index (χ1n) is 16.6. The molecule has 3 aromatic heterocycles. The first kappa shape index (κ1) is 30.1. The van der Waals surface area contributed by atoms with Gasteiger partial charge in [0.05, 0.1) is 22.9 Å². The minimum atomic E-state index is -0.813. The number of fused-ring (bicyclic) bond motifs is 2. The zero-order chi connectivity index (χ0) is 31.6. The van der Waals surface area contributed by atoms with Crippen molar-refractivity contribution >= 4 is 33.8 Å². The van der Waals surface area contributed by atoms with Crippen LogP contribution in [0.15, 0.2) is 65.6 Å². The van der Waals surface area contributed by atoms with E-state index in [1.165, 1.54) is 25.7 Å². The van der Waals surface area contributed by atoms with Gasteiger partial charge in [-0.15, -0.1) is 0 Å². The standard InChI is InChI=1S/C36H42N6O4/c1-41-16-5-8-26(41)13-15-37-36(45)32(19-25-21-38-30-11-10-28(43)20-29(25)30)40-35(44)23-9-12-33-31(18-23)39-34(24-14-17-46-22-24)42(33)27-6-3-2-4-7-27/h9-12,14,17-18,20-22,26-27,32,38,43H,2-8,13,15-16,19H2,1H3,(H,37,45)(H,40,44)/t26?,32-/m0/s1. The number of aromatic hydroxyl groups is 1. The highest BCUT2D eigenvalue weighted by molar-refractivity contribution is 6.00. The third-order valence-electron chi connectivity index (χ3n) is 9.92. The highest BCUT2D eigenvalue weighted by Crippen LogP contribution is 2.36. The average molecular weight is 623 g/mol. The second-order valence-electron chi connectivity index (χ2n) is 12.9. The van der Waals surface area contributed by atoms with E-state index in [0.29, 0.717) is 24.2 Å². The molecule has 2 aliphatic rings. The lowest BCUT2D eigenvalue weighted by atomic mass is 9.95. The maximum atomic E-state index is 13.8. The first-order valence-corrected chi connectivity index (χ1v) is 16.6. The largest absolute Gasteiger partial charge is 0.508 e. The average Bonchev–Trinajstić information content (AvgIpc) is 3.88. The van der Waals surface area contributed by atoms with Crippen molar-refractivity contribution in [1.82, 2.24) is 30.1 Å². The van der Waals surface area contributed by atoms with E-state index < -0.39 is 6.04 Å². The number of nitrogens with zero attached hydrogens (tertiary/aromatic N) is 3. The predicted molar refractivity (Wildman–Crippen MR) is 178 cm³/mol. The molecule has 0 bridgehead atoms. The number of benzene rings is 2. The predicted octanol–water partition coefficient (Wildman–Crippen LogP) is 5.93. The van der Waals surface area contributed by atoms with Crippen LogP contribution < -0.4 is 10.6 Å². The molecule has 4 heterocycles. The van der Waals surface area contributed by atoms with Gasteiger partial charge in [0, 0.05) is 47.7 Å². The van der Waals surface area contributed by atoms with E-state index in [1.54, 1.807) is 30.7 Å². The summed E-state index contributed by atoms with van der Waals surface area (Å²) in [6, 6.07) is 12.6. The Morgan fingerprint density at radius 3 is 2.74 bits per heavy atom. The van der Waals surface area contributed by atoms with Crippen LogP contribution in [0.4, 0.5) is 0 Å². The van der Waals surface area contributed by atoms with E-state index in [4.69, 9.17) is 9.40 Å². The van der Waals surface area contributed by atoms with Crippen LogP contribution in [0.25, 0.3) is 33.3 Å². The Labute approximate surface area is 268 Å². The van der Waals surface area contributed by atoms with Crippen molar-refractivity contribution in [2.45, 2.75) is 75.9 Å². The Morgan fingerprint density at radius 2 is 1.96 bits per heavy atom. The Hall–Kier alpha value is -4.57. The van der Waals surface area contributed by atoms with E-state index in [1.807, 2.05) is 30.5 Å². The number of imidazole rings is 1. The third kappa shape index (κ3) is 6.13. The molecule has 46 heavy (non-hydrogen) atoms. The summed E-state index contributed by atoms with van der Waals surface area (Å²) in [6.45, 7) is 1.62. The molecule has 2 aromatic carbocycles. The van der Waals surface area contributed by atoms with Gasteiger partial charge in [0.2, 0.25) is 5.91 Å². The third-order valence-corrected chi connectivity index (χ3v) is 9.92. The van der Waals surface area contributed by atoms with Crippen molar-refractivity contribution < 1.29 is 19.1 Å². The van der Waals surface area contributed by atoms with Crippen molar-refractivity contribution in [1.29, 1.82) is 0 Å². The number of likely N-dealkylation sites (tertiary alicyclic amines) is 1. The highest BCUT2D eigenvalue weighted by atomic mass is 16.3. The molecule has 1 unspecified atom stereocenters. The minimum absolute atomic E-state index is 0.148. The number of aromatic amines is 1. The van der Waals surface area contributed by atoms with Crippen LogP contribution in [-0.4, -0.2) is 68.6 Å². The van der Waals surface area contributed by atoms with Crippen molar-refractivity contribution in [3.05, 3.63) is 72.3 Å². The SMILES string of the molecule is CN1CCCC1CCNC(=O)[C@H](Cc1c[nH]c2ccc(O)cc12)NC(=O)c1ccc2c(c1)nc(-c1ccoc1)n2C1CCCCC1. The van der Waals surface area contributed by atoms with Gasteiger partial charge in [-0.3, -0.25) is 9.59 Å². The van der Waals surface area contributed by atoms with Crippen LogP contribution in [0.5, 0.6) is 5.75 Å². The van der Waals surface area contributed by atoms with E-state index in [0.717, 1.165) is 71.1 Å². The quantitative estimate of drug-likeness (QED) is 0.153. The zero-order valence-electron chi connectivity index (χ0n) is 26.3. The summed E-state index contributed by atoms with van der Waals surface area (Å²) in [4.78, 5) is 38.0. The number of aromatic nitrogens is 3. The van der Waals surface area contributed by atoms with Gasteiger partial charge < -0.3 is 34.6 Å². The lowest BCUT2D eigenvalue weighted by Crippen LogP contribution is -2.48. The van der Waals surface area contributed by atoms with E-state index in [2.05, 4.69) is 32.1 Å². The maximum Gasteiger partial charge on any atom is 0.252 e. The van der Waals surface area contributed by atoms with E-state index >= 15 is 0 Å². The van der Waals surface area contributed by atoms with Gasteiger partial charge in [0.25, 0.3) is 5.91 Å². The molecule has 2 fully saturated rings.